The van der Waals surface area contributed by atoms with Crippen LogP contribution in [-0.4, -0.2) is 33.3 Å². The van der Waals surface area contributed by atoms with Gasteiger partial charge in [0, 0.05) is 12.6 Å². The number of nitrogens with one attached hydrogen (secondary N) is 1. The first-order chi connectivity index (χ1) is 10.6. The third-order valence-electron chi connectivity index (χ3n) is 4.26. The quantitative estimate of drug-likeness (QED) is 0.798. The molecule has 1 aliphatic heterocycles. The molecule has 2 aromatic rings. The van der Waals surface area contributed by atoms with Crippen molar-refractivity contribution in [3.63, 3.8) is 0 Å². The summed E-state index contributed by atoms with van der Waals surface area (Å²) in [6, 6.07) is 3.71. The van der Waals surface area contributed by atoms with Crippen molar-refractivity contribution in [2.45, 2.75) is 44.4 Å². The van der Waals surface area contributed by atoms with E-state index in [0.29, 0.717) is 16.0 Å². The molecule has 3 rings (SSSR count). The molecule has 1 aliphatic rings. The van der Waals surface area contributed by atoms with Gasteiger partial charge in [-0.1, -0.05) is 23.2 Å². The van der Waals surface area contributed by atoms with Gasteiger partial charge in [-0.2, -0.15) is 0 Å². The van der Waals surface area contributed by atoms with Crippen molar-refractivity contribution in [2.24, 2.45) is 0 Å². The van der Waals surface area contributed by atoms with E-state index in [4.69, 9.17) is 28.9 Å². The lowest BCUT2D eigenvalue weighted by atomic mass is 9.97. The molecule has 2 atom stereocenters. The third kappa shape index (κ3) is 3.18. The molecule has 7 heteroatoms. The molecule has 2 heterocycles. The monoisotopic (exact) mass is 342 g/mol. The number of hydrogen-bond acceptors (Lipinski definition) is 4. The Morgan fingerprint density at radius 2 is 2.14 bits per heavy atom. The van der Waals surface area contributed by atoms with Crippen molar-refractivity contribution in [2.75, 3.05) is 12.3 Å². The van der Waals surface area contributed by atoms with Gasteiger partial charge in [-0.25, -0.2) is 4.98 Å². The summed E-state index contributed by atoms with van der Waals surface area (Å²) < 4.78 is 1.95. The number of rotatable bonds is 4. The fraction of sp³-hybridized carbons (Fsp3) is 0.533. The molecule has 22 heavy (non-hydrogen) atoms. The second-order valence-electron chi connectivity index (χ2n) is 5.79. The lowest BCUT2D eigenvalue weighted by molar-refractivity contribution is 0.0909. The molecule has 1 fully saturated rings. The highest BCUT2D eigenvalue weighted by Crippen LogP contribution is 2.29. The molecule has 0 spiro atoms. The molecule has 1 aromatic carbocycles. The van der Waals surface area contributed by atoms with Gasteiger partial charge in [0.15, 0.2) is 0 Å². The Balaban J connectivity index is 1.71. The lowest BCUT2D eigenvalue weighted by Crippen LogP contribution is -2.44. The minimum Gasteiger partial charge on any atom is -0.392 e. The molecule has 0 bridgehead atoms. The number of aliphatic hydroxyl groups is 1. The predicted molar refractivity (Wildman–Crippen MR) is 90.4 cm³/mol. The lowest BCUT2D eigenvalue weighted by Gasteiger charge is -2.29. The Morgan fingerprint density at radius 1 is 1.36 bits per heavy atom. The highest BCUT2D eigenvalue weighted by Gasteiger charge is 2.22. The maximum atomic E-state index is 9.98. The maximum absolute atomic E-state index is 9.98. The van der Waals surface area contributed by atoms with Crippen molar-refractivity contribution >= 4 is 40.2 Å². The van der Waals surface area contributed by atoms with Gasteiger partial charge in [0.25, 0.3) is 0 Å². The summed E-state index contributed by atoms with van der Waals surface area (Å²) in [6.07, 6.45) is 3.48. The van der Waals surface area contributed by atoms with Crippen LogP contribution in [0.25, 0.3) is 11.0 Å². The Bertz CT molecular complexity index is 673. The van der Waals surface area contributed by atoms with E-state index < -0.39 is 0 Å². The van der Waals surface area contributed by atoms with Crippen LogP contribution in [0, 0.1) is 0 Å². The molecule has 0 amide bonds. The van der Waals surface area contributed by atoms with Crippen LogP contribution >= 0.6 is 23.2 Å². The smallest absolute Gasteiger partial charge is 0.201 e. The molecule has 5 nitrogen and oxygen atoms in total. The second-order valence-corrected chi connectivity index (χ2v) is 6.60. The summed E-state index contributed by atoms with van der Waals surface area (Å²) in [6.45, 7) is 1.72. The zero-order valence-electron chi connectivity index (χ0n) is 12.2. The number of aryl methyl sites for hydroxylation is 1. The summed E-state index contributed by atoms with van der Waals surface area (Å²) in [5.74, 6) is 0.463. The number of aliphatic hydroxyl groups excluding tert-OH is 1. The van der Waals surface area contributed by atoms with E-state index in [2.05, 4.69) is 10.3 Å². The van der Waals surface area contributed by atoms with E-state index in [-0.39, 0.29) is 12.1 Å². The van der Waals surface area contributed by atoms with Gasteiger partial charge in [-0.3, -0.25) is 0 Å². The maximum Gasteiger partial charge on any atom is 0.201 e. The fourth-order valence-electron chi connectivity index (χ4n) is 3.07. The van der Waals surface area contributed by atoms with Crippen molar-refractivity contribution in [1.82, 2.24) is 14.9 Å². The number of nitrogens with zero attached hydrogens (tertiary/aromatic N) is 2. The number of benzene rings is 1. The molecule has 0 radical (unpaired) electrons. The van der Waals surface area contributed by atoms with Crippen molar-refractivity contribution in [3.8, 4) is 0 Å². The van der Waals surface area contributed by atoms with E-state index in [9.17, 15) is 5.11 Å². The molecule has 1 aromatic heterocycles. The Kier molecular flexibility index (Phi) is 4.78. The van der Waals surface area contributed by atoms with Crippen LogP contribution in [0.5, 0.6) is 0 Å². The van der Waals surface area contributed by atoms with E-state index in [0.717, 1.165) is 49.8 Å². The van der Waals surface area contributed by atoms with Gasteiger partial charge < -0.3 is 20.7 Å². The van der Waals surface area contributed by atoms with Crippen molar-refractivity contribution < 1.29 is 5.11 Å². The average Bonchev–Trinajstić information content (AvgIpc) is 2.77. The van der Waals surface area contributed by atoms with Crippen LogP contribution in [-0.2, 0) is 6.54 Å². The number of hydrogen-bond donors (Lipinski definition) is 3. The Labute approximate surface area is 139 Å². The van der Waals surface area contributed by atoms with Gasteiger partial charge in [-0.15, -0.1) is 0 Å². The fourth-order valence-corrected chi connectivity index (χ4v) is 3.39. The number of halogens is 2. The van der Waals surface area contributed by atoms with Crippen molar-refractivity contribution in [1.29, 1.82) is 0 Å². The zero-order valence-corrected chi connectivity index (χ0v) is 13.7. The number of nitrogens with two attached hydrogens (primary N) is 1. The summed E-state index contributed by atoms with van der Waals surface area (Å²) in [5.41, 5.74) is 7.65. The number of fused-ring (bicyclic) bond motifs is 1. The highest BCUT2D eigenvalue weighted by atomic mass is 35.5. The largest absolute Gasteiger partial charge is 0.392 e. The molecule has 0 aliphatic carbocycles. The van der Waals surface area contributed by atoms with Crippen LogP contribution in [0.2, 0.25) is 10.0 Å². The van der Waals surface area contributed by atoms with Crippen molar-refractivity contribution in [3.05, 3.63) is 22.2 Å². The number of nitrogen functional groups attached to an aromatic ring is 1. The molecule has 4 N–H and O–H groups in total. The highest BCUT2D eigenvalue weighted by molar-refractivity contribution is 6.42. The summed E-state index contributed by atoms with van der Waals surface area (Å²) in [4.78, 5) is 4.33. The first-order valence-electron chi connectivity index (χ1n) is 7.58. The predicted octanol–water partition coefficient (Wildman–Crippen LogP) is 2.82. The van der Waals surface area contributed by atoms with Gasteiger partial charge >= 0.3 is 0 Å². The minimum absolute atomic E-state index is 0.169. The first kappa shape index (κ1) is 15.9. The average molecular weight is 343 g/mol. The number of aromatic nitrogens is 2. The van der Waals surface area contributed by atoms with Crippen LogP contribution in [0.15, 0.2) is 12.1 Å². The van der Waals surface area contributed by atoms with E-state index in [1.807, 2.05) is 4.57 Å². The van der Waals surface area contributed by atoms with Crippen LogP contribution < -0.4 is 11.1 Å². The molecule has 1 saturated heterocycles. The summed E-state index contributed by atoms with van der Waals surface area (Å²) >= 11 is 12.1. The standard InChI is InChI=1S/C15H20Cl2N4O/c16-9-7-12-13(8-10(9)17)21(15(18)20-12)6-2-3-11-14(22)4-1-5-19-11/h7-8,11,14,19,22H,1-6H2,(H2,18,20)/t11-,14+/m1/s1. The molecule has 0 saturated carbocycles. The van der Waals surface area contributed by atoms with Gasteiger partial charge in [-0.05, 0) is 44.4 Å². The van der Waals surface area contributed by atoms with Crippen LogP contribution in [0.1, 0.15) is 25.7 Å². The van der Waals surface area contributed by atoms with Gasteiger partial charge in [0.2, 0.25) is 5.95 Å². The normalized spacial score (nSPS) is 22.3. The van der Waals surface area contributed by atoms with Gasteiger partial charge in [0.05, 0.1) is 27.2 Å². The number of imidazole rings is 1. The first-order valence-corrected chi connectivity index (χ1v) is 8.34. The molecular weight excluding hydrogens is 323 g/mol. The van der Waals surface area contributed by atoms with E-state index in [1.54, 1.807) is 12.1 Å². The third-order valence-corrected chi connectivity index (χ3v) is 4.99. The minimum atomic E-state index is -0.251. The SMILES string of the molecule is Nc1nc2cc(Cl)c(Cl)cc2n1CCC[C@H]1NCCC[C@@H]1O. The Hall–Kier alpha value is -1.01. The number of anilines is 1. The van der Waals surface area contributed by atoms with Crippen LogP contribution in [0.3, 0.4) is 0 Å². The second kappa shape index (κ2) is 6.62. The Morgan fingerprint density at radius 3 is 2.91 bits per heavy atom. The number of piperidine rings is 1. The topological polar surface area (TPSA) is 76.1 Å². The van der Waals surface area contributed by atoms with Gasteiger partial charge in [0.1, 0.15) is 0 Å². The molecule has 120 valence electrons. The van der Waals surface area contributed by atoms with E-state index >= 15 is 0 Å². The van der Waals surface area contributed by atoms with E-state index in [1.165, 1.54) is 0 Å². The molecule has 0 unspecified atom stereocenters. The summed E-state index contributed by atoms with van der Waals surface area (Å²) in [7, 11) is 0. The summed E-state index contributed by atoms with van der Waals surface area (Å²) in [5, 5.41) is 14.3. The molecular formula is C15H20Cl2N4O. The zero-order chi connectivity index (χ0) is 15.7. The van der Waals surface area contributed by atoms with Crippen LogP contribution in [0.4, 0.5) is 5.95 Å².